The van der Waals surface area contributed by atoms with Crippen molar-refractivity contribution in [2.24, 2.45) is 0 Å². The van der Waals surface area contributed by atoms with Gasteiger partial charge in [0.15, 0.2) is 14.6 Å². The van der Waals surface area contributed by atoms with Crippen LogP contribution in [0.15, 0.2) is 53.4 Å². The summed E-state index contributed by atoms with van der Waals surface area (Å²) in [4.78, 5) is 15.4. The van der Waals surface area contributed by atoms with Gasteiger partial charge in [-0.05, 0) is 87.5 Å². The molecule has 1 N–H and O–H groups in total. The summed E-state index contributed by atoms with van der Waals surface area (Å²) in [6.07, 6.45) is 5.14. The largest absolute Gasteiger partial charge is 0.497 e. The van der Waals surface area contributed by atoms with E-state index >= 15 is 0 Å². The number of nitrogens with one attached hydrogen (secondary N) is 1. The Morgan fingerprint density at radius 2 is 1.71 bits per heavy atom. The maximum atomic E-state index is 13.7. The number of hydrogen-bond donors (Lipinski definition) is 1. The number of benzene rings is 2. The van der Waals surface area contributed by atoms with Gasteiger partial charge in [0.05, 0.1) is 25.2 Å². The molecule has 0 aromatic heterocycles. The molecule has 4 rings (SSSR count). The van der Waals surface area contributed by atoms with E-state index in [0.717, 1.165) is 24.3 Å². The minimum absolute atomic E-state index is 0.106. The number of sulfone groups is 1. The van der Waals surface area contributed by atoms with Crippen LogP contribution in [0.4, 0.5) is 0 Å². The molecule has 9 heteroatoms. The van der Waals surface area contributed by atoms with Crippen molar-refractivity contribution in [1.82, 2.24) is 10.2 Å². The molecule has 0 aliphatic carbocycles. The third-order valence-corrected chi connectivity index (χ3v) is 10.2. The average molecular weight is 545 g/mol. The Balaban J connectivity index is 1.36. The lowest BCUT2D eigenvalue weighted by Gasteiger charge is -2.39. The molecule has 0 bridgehead atoms. The Morgan fingerprint density at radius 1 is 1.03 bits per heavy atom. The minimum Gasteiger partial charge on any atom is -0.497 e. The molecule has 2 heterocycles. The van der Waals surface area contributed by atoms with Gasteiger partial charge in [-0.3, -0.25) is 9.69 Å². The predicted octanol–water partition coefficient (Wildman–Crippen LogP) is 3.98. The van der Waals surface area contributed by atoms with Crippen LogP contribution < -0.4 is 14.8 Å². The molecular formula is C29H40N2O6S. The molecule has 8 nitrogen and oxygen atoms in total. The Hall–Kier alpha value is -2.62. The molecule has 2 fully saturated rings. The molecule has 0 spiro atoms. The van der Waals surface area contributed by atoms with Crippen LogP contribution >= 0.6 is 0 Å². The first kappa shape index (κ1) is 28.4. The van der Waals surface area contributed by atoms with Crippen LogP contribution in [-0.2, 0) is 25.9 Å². The summed E-state index contributed by atoms with van der Waals surface area (Å²) in [5.41, 5.74) is 1.12. The Labute approximate surface area is 226 Å². The van der Waals surface area contributed by atoms with E-state index in [2.05, 4.69) is 22.3 Å². The second kappa shape index (κ2) is 13.0. The molecule has 0 radical (unpaired) electrons. The lowest BCUT2D eigenvalue weighted by Crippen LogP contribution is -2.54. The number of esters is 1. The maximum Gasteiger partial charge on any atom is 0.327 e. The molecule has 2 aromatic rings. The first-order valence-corrected chi connectivity index (χ1v) is 15.1. The summed E-state index contributed by atoms with van der Waals surface area (Å²) in [6, 6.07) is 14.8. The molecule has 2 aliphatic heterocycles. The summed E-state index contributed by atoms with van der Waals surface area (Å²) in [5.74, 6) is 0.747. The van der Waals surface area contributed by atoms with Crippen LogP contribution in [0.25, 0.3) is 0 Å². The summed E-state index contributed by atoms with van der Waals surface area (Å²) in [5, 5.41) is 3.55. The highest BCUT2D eigenvalue weighted by molar-refractivity contribution is 7.93. The van der Waals surface area contributed by atoms with Gasteiger partial charge >= 0.3 is 5.97 Å². The molecule has 1 unspecified atom stereocenters. The van der Waals surface area contributed by atoms with Crippen molar-refractivity contribution in [1.29, 1.82) is 0 Å². The SMILES string of the molecule is CCOC(=O)C1(S(=O)(=O)c2ccc(OC)cc2)CCN(Cc2ccc(OCCC3CCCCN3)cc2)CC1. The van der Waals surface area contributed by atoms with Crippen molar-refractivity contribution in [2.75, 3.05) is 40.0 Å². The number of ether oxygens (including phenoxy) is 3. The quantitative estimate of drug-likeness (QED) is 0.425. The Bertz CT molecular complexity index is 1140. The van der Waals surface area contributed by atoms with Gasteiger partial charge in [0.2, 0.25) is 0 Å². The van der Waals surface area contributed by atoms with Gasteiger partial charge in [-0.15, -0.1) is 0 Å². The van der Waals surface area contributed by atoms with Crippen LogP contribution in [0.5, 0.6) is 11.5 Å². The van der Waals surface area contributed by atoms with Crippen molar-refractivity contribution in [3.63, 3.8) is 0 Å². The van der Waals surface area contributed by atoms with Gasteiger partial charge in [0.1, 0.15) is 11.5 Å². The number of nitrogens with zero attached hydrogens (tertiary/aromatic N) is 1. The number of hydrogen-bond acceptors (Lipinski definition) is 8. The predicted molar refractivity (Wildman–Crippen MR) is 146 cm³/mol. The van der Waals surface area contributed by atoms with Gasteiger partial charge in [-0.1, -0.05) is 18.6 Å². The summed E-state index contributed by atoms with van der Waals surface area (Å²) in [6.45, 7) is 5.25. The van der Waals surface area contributed by atoms with E-state index in [9.17, 15) is 13.2 Å². The molecule has 0 amide bonds. The third-order valence-electron chi connectivity index (χ3n) is 7.67. The van der Waals surface area contributed by atoms with E-state index in [1.165, 1.54) is 38.5 Å². The first-order valence-electron chi connectivity index (χ1n) is 13.6. The molecule has 2 aromatic carbocycles. The lowest BCUT2D eigenvalue weighted by molar-refractivity contribution is -0.147. The monoisotopic (exact) mass is 544 g/mol. The highest BCUT2D eigenvalue weighted by Crippen LogP contribution is 2.37. The molecule has 0 saturated carbocycles. The second-order valence-electron chi connectivity index (χ2n) is 10.1. The van der Waals surface area contributed by atoms with Gasteiger partial charge in [0.25, 0.3) is 0 Å². The smallest absolute Gasteiger partial charge is 0.327 e. The van der Waals surface area contributed by atoms with E-state index in [4.69, 9.17) is 14.2 Å². The maximum absolute atomic E-state index is 13.7. The van der Waals surface area contributed by atoms with Gasteiger partial charge in [0, 0.05) is 25.7 Å². The topological polar surface area (TPSA) is 94.2 Å². The van der Waals surface area contributed by atoms with Crippen LogP contribution in [0, 0.1) is 0 Å². The highest BCUT2D eigenvalue weighted by atomic mass is 32.2. The van der Waals surface area contributed by atoms with Crippen LogP contribution in [0.3, 0.4) is 0 Å². The molecule has 2 aliphatic rings. The summed E-state index contributed by atoms with van der Waals surface area (Å²) >= 11 is 0. The van der Waals surface area contributed by atoms with Gasteiger partial charge < -0.3 is 19.5 Å². The zero-order valence-electron chi connectivity index (χ0n) is 22.5. The zero-order valence-corrected chi connectivity index (χ0v) is 23.3. The van der Waals surface area contributed by atoms with Crippen LogP contribution in [0.2, 0.25) is 0 Å². The van der Waals surface area contributed by atoms with Crippen LogP contribution in [0.1, 0.15) is 51.0 Å². The number of piperidine rings is 2. The van der Waals surface area contributed by atoms with Crippen molar-refractivity contribution in [3.05, 3.63) is 54.1 Å². The number of likely N-dealkylation sites (tertiary alicyclic amines) is 1. The average Bonchev–Trinajstić information content (AvgIpc) is 2.95. The van der Waals surface area contributed by atoms with E-state index in [1.807, 2.05) is 12.1 Å². The molecule has 1 atom stereocenters. The van der Waals surface area contributed by atoms with Crippen molar-refractivity contribution in [2.45, 2.75) is 67.7 Å². The standard InChI is InChI=1S/C29H40N2O6S/c1-3-36-28(32)29(38(33,34)27-13-11-25(35-2)12-14-27)16-19-31(20-17-29)22-23-7-9-26(10-8-23)37-21-15-24-6-4-5-18-30-24/h7-14,24,30H,3-6,15-22H2,1-2H3. The highest BCUT2D eigenvalue weighted by Gasteiger charge is 2.54. The van der Waals surface area contributed by atoms with Crippen molar-refractivity contribution >= 4 is 15.8 Å². The fourth-order valence-electron chi connectivity index (χ4n) is 5.34. The van der Waals surface area contributed by atoms with E-state index in [1.54, 1.807) is 19.1 Å². The number of carbonyl (C=O) groups is 1. The fraction of sp³-hybridized carbons (Fsp3) is 0.552. The fourth-order valence-corrected chi connectivity index (χ4v) is 7.28. The first-order chi connectivity index (χ1) is 18.4. The summed E-state index contributed by atoms with van der Waals surface area (Å²) < 4.78 is 42.3. The molecular weight excluding hydrogens is 504 g/mol. The lowest BCUT2D eigenvalue weighted by atomic mass is 9.95. The normalized spacial score (nSPS) is 20.0. The zero-order chi connectivity index (χ0) is 27.0. The van der Waals surface area contributed by atoms with Gasteiger partial charge in [-0.25, -0.2) is 8.42 Å². The minimum atomic E-state index is -3.97. The van der Waals surface area contributed by atoms with E-state index < -0.39 is 20.6 Å². The molecule has 38 heavy (non-hydrogen) atoms. The van der Waals surface area contributed by atoms with Crippen molar-refractivity contribution in [3.8, 4) is 11.5 Å². The number of carbonyl (C=O) groups excluding carboxylic acids is 1. The number of methoxy groups -OCH3 is 1. The molecule has 2 saturated heterocycles. The van der Waals surface area contributed by atoms with Crippen molar-refractivity contribution < 1.29 is 27.4 Å². The van der Waals surface area contributed by atoms with E-state index in [-0.39, 0.29) is 24.3 Å². The number of rotatable bonds is 11. The Morgan fingerprint density at radius 3 is 2.32 bits per heavy atom. The third kappa shape index (κ3) is 6.50. The van der Waals surface area contributed by atoms with Gasteiger partial charge in [-0.2, -0.15) is 0 Å². The van der Waals surface area contributed by atoms with E-state index in [0.29, 0.717) is 38.0 Å². The summed E-state index contributed by atoms with van der Waals surface area (Å²) in [7, 11) is -2.44. The Kier molecular flexibility index (Phi) is 9.68. The van der Waals surface area contributed by atoms with Crippen LogP contribution in [-0.4, -0.2) is 70.0 Å². The second-order valence-corrected chi connectivity index (χ2v) is 12.4. The molecule has 208 valence electrons.